The van der Waals surface area contributed by atoms with Crippen molar-refractivity contribution in [2.24, 2.45) is 4.76 Å². The first-order chi connectivity index (χ1) is 8.63. The van der Waals surface area contributed by atoms with Gasteiger partial charge in [0.15, 0.2) is 16.7 Å². The van der Waals surface area contributed by atoms with Gasteiger partial charge in [0.05, 0.1) is 0 Å². The van der Waals surface area contributed by atoms with Gasteiger partial charge in [-0.3, -0.25) is 10.2 Å². The third kappa shape index (κ3) is 2.87. The van der Waals surface area contributed by atoms with Crippen LogP contribution in [0.4, 0.5) is 0 Å². The summed E-state index contributed by atoms with van der Waals surface area (Å²) >= 11 is 0. The molecule has 0 aromatic heterocycles. The van der Waals surface area contributed by atoms with E-state index in [0.29, 0.717) is 0 Å². The van der Waals surface area contributed by atoms with Gasteiger partial charge in [-0.05, 0) is 25.7 Å². The molecule has 0 amide bonds. The van der Waals surface area contributed by atoms with E-state index in [1.165, 1.54) is 0 Å². The van der Waals surface area contributed by atoms with E-state index in [4.69, 9.17) is 0 Å². The van der Waals surface area contributed by atoms with Gasteiger partial charge in [-0.15, -0.1) is 9.64 Å². The second-order valence-electron chi connectivity index (χ2n) is 3.14. The summed E-state index contributed by atoms with van der Waals surface area (Å²) in [5, 5.41) is 9.87. The highest BCUT2D eigenvalue weighted by atomic mass is 31.3. The van der Waals surface area contributed by atoms with E-state index in [0.717, 1.165) is 0 Å². The molecule has 0 saturated carbocycles. The summed E-state index contributed by atoms with van der Waals surface area (Å²) in [5.74, 6) is 0. The Hall–Kier alpha value is 0.640. The maximum absolute atomic E-state index is 4.32. The molecule has 1 saturated heterocycles. The molecule has 0 aliphatic carbocycles. The van der Waals surface area contributed by atoms with E-state index in [-0.39, 0.29) is 0 Å². The lowest BCUT2D eigenvalue weighted by molar-refractivity contribution is 0.464. The fourth-order valence-corrected chi connectivity index (χ4v) is 10.7. The third-order valence-corrected chi connectivity index (χ3v) is 10.9. The highest BCUT2D eigenvalue weighted by Crippen LogP contribution is 2.73. The van der Waals surface area contributed by atoms with Crippen LogP contribution in [0.3, 0.4) is 0 Å². The Morgan fingerprint density at radius 1 is 1.11 bits per heavy atom. The number of hydrogen-bond acceptors (Lipinski definition) is 9. The summed E-state index contributed by atoms with van der Waals surface area (Å²) in [6.07, 6.45) is 0. The maximum atomic E-state index is 4.32. The monoisotopic (exact) mass is 314 g/mol. The minimum atomic E-state index is -2.07. The lowest BCUT2D eigenvalue weighted by Crippen LogP contribution is -2.53. The average molecular weight is 314 g/mol. The van der Waals surface area contributed by atoms with E-state index >= 15 is 0 Å². The molecule has 3 atom stereocenters. The van der Waals surface area contributed by atoms with Crippen LogP contribution in [0.15, 0.2) is 4.76 Å². The molecule has 1 rings (SSSR count). The Balaban J connectivity index is 3.13. The normalized spacial score (nSPS) is 34.7. The van der Waals surface area contributed by atoms with Gasteiger partial charge in [0.25, 0.3) is 0 Å². The van der Waals surface area contributed by atoms with Crippen LogP contribution in [0.5, 0.6) is 0 Å². The molecule has 9 nitrogen and oxygen atoms in total. The molecule has 0 radical (unpaired) electrons. The number of rotatable bonds is 6. The van der Waals surface area contributed by atoms with Crippen molar-refractivity contribution in [2.75, 3.05) is 35.2 Å². The quantitative estimate of drug-likeness (QED) is 0.300. The maximum Gasteiger partial charge on any atom is 0.374 e. The predicted molar refractivity (Wildman–Crippen MR) is 82.4 cm³/mol. The Labute approximate surface area is 112 Å². The molecule has 0 spiro atoms. The lowest BCUT2D eigenvalue weighted by atomic mass is 11.5. The molecule has 0 aromatic carbocycles. The summed E-state index contributed by atoms with van der Waals surface area (Å²) in [6.45, 7) is 3.73. The summed E-state index contributed by atoms with van der Waals surface area (Å²) in [7, 11) is 5.92. The SMILES string of the molecule is C=N[P+]1(NC)NP(NC)N(NC)P(NC)N1NC. The Morgan fingerprint density at radius 2 is 1.78 bits per heavy atom. The first-order valence-corrected chi connectivity index (χ1v) is 9.62. The molecule has 1 fully saturated rings. The first-order valence-electron chi connectivity index (χ1n) is 5.38. The van der Waals surface area contributed by atoms with E-state index in [9.17, 15) is 0 Å². The van der Waals surface area contributed by atoms with Crippen molar-refractivity contribution >= 4 is 31.3 Å². The number of hydrogen-bond donors (Lipinski definition) is 6. The number of nitrogens with zero attached hydrogens (tertiary/aromatic N) is 3. The molecule has 3 unspecified atom stereocenters. The minimum absolute atomic E-state index is 0.750. The molecule has 106 valence electrons. The van der Waals surface area contributed by atoms with Gasteiger partial charge in [0, 0.05) is 20.8 Å². The fourth-order valence-electron chi connectivity index (χ4n) is 1.58. The van der Waals surface area contributed by atoms with Crippen LogP contribution in [0.2, 0.25) is 0 Å². The molecule has 6 N–H and O–H groups in total. The average Bonchev–Trinajstić information content (AvgIpc) is 2.44. The number of hydrazine groups is 2. The largest absolute Gasteiger partial charge is 0.374 e. The Bertz CT molecular complexity index is 281. The molecule has 1 aliphatic heterocycles. The van der Waals surface area contributed by atoms with Crippen LogP contribution in [-0.4, -0.2) is 51.1 Å². The summed E-state index contributed by atoms with van der Waals surface area (Å²) in [6, 6.07) is 0. The summed E-state index contributed by atoms with van der Waals surface area (Å²) in [4.78, 5) is 3.51. The van der Waals surface area contributed by atoms with Crippen molar-refractivity contribution in [1.29, 1.82) is 0 Å². The van der Waals surface area contributed by atoms with Crippen molar-refractivity contribution in [2.45, 2.75) is 0 Å². The van der Waals surface area contributed by atoms with Crippen molar-refractivity contribution in [3.05, 3.63) is 0 Å². The zero-order valence-electron chi connectivity index (χ0n) is 11.4. The van der Waals surface area contributed by atoms with E-state index in [1.807, 2.05) is 35.2 Å². The second-order valence-corrected chi connectivity index (χ2v) is 10.2. The van der Waals surface area contributed by atoms with Gasteiger partial charge in [-0.25, -0.2) is 10.9 Å². The van der Waals surface area contributed by atoms with Crippen LogP contribution in [0.1, 0.15) is 0 Å². The topological polar surface area (TPSA) is 91.0 Å². The Morgan fingerprint density at radius 3 is 2.11 bits per heavy atom. The van der Waals surface area contributed by atoms with Gasteiger partial charge in [0.1, 0.15) is 0 Å². The molecule has 0 aromatic rings. The zero-order chi connectivity index (χ0) is 13.8. The van der Waals surface area contributed by atoms with E-state index in [1.54, 1.807) is 0 Å². The lowest BCUT2D eigenvalue weighted by Gasteiger charge is -2.46. The smallest absolute Gasteiger partial charge is 0.270 e. The predicted octanol–water partition coefficient (Wildman–Crippen LogP) is -0.0474. The molecule has 1 aliphatic rings. The minimum Gasteiger partial charge on any atom is -0.270 e. The van der Waals surface area contributed by atoms with Crippen LogP contribution in [0.25, 0.3) is 0 Å². The van der Waals surface area contributed by atoms with Crippen molar-refractivity contribution in [3.63, 3.8) is 0 Å². The highest BCUT2D eigenvalue weighted by molar-refractivity contribution is 7.88. The molecule has 0 bridgehead atoms. The fraction of sp³-hybridized carbons (Fsp3) is 0.833. The van der Waals surface area contributed by atoms with Crippen LogP contribution >= 0.6 is 24.6 Å². The van der Waals surface area contributed by atoms with Gasteiger partial charge >= 0.3 is 7.87 Å². The Kier molecular flexibility index (Phi) is 6.89. The zero-order valence-corrected chi connectivity index (χ0v) is 14.1. The number of nitrogens with one attached hydrogen (secondary N) is 6. The summed E-state index contributed by atoms with van der Waals surface area (Å²) in [5.41, 5.74) is 6.40. The van der Waals surface area contributed by atoms with Gasteiger partial charge in [0.2, 0.25) is 0 Å². The second kappa shape index (κ2) is 7.43. The standard InChI is InChI=1S/C6H23N9P3/c1-7-14-16(9-3)13-18(11-5,12-6)15(8-2)17(14)10-4/h7-10,12-13H,5H2,1-4,6H3/q+1. The van der Waals surface area contributed by atoms with E-state index in [2.05, 4.69) is 51.6 Å². The molecule has 1 heterocycles. The molecule has 12 heteroatoms. The van der Waals surface area contributed by atoms with Crippen molar-refractivity contribution in [3.8, 4) is 0 Å². The van der Waals surface area contributed by atoms with Gasteiger partial charge < -0.3 is 0 Å². The molecule has 18 heavy (non-hydrogen) atoms. The van der Waals surface area contributed by atoms with Gasteiger partial charge in [-0.1, -0.05) is 9.62 Å². The van der Waals surface area contributed by atoms with Crippen LogP contribution in [0, 0.1) is 0 Å². The molecular formula is C6H23N9P3+. The van der Waals surface area contributed by atoms with Crippen molar-refractivity contribution in [1.82, 2.24) is 40.1 Å². The van der Waals surface area contributed by atoms with E-state index < -0.39 is 24.6 Å². The van der Waals surface area contributed by atoms with Crippen molar-refractivity contribution < 1.29 is 0 Å². The molecular weight excluding hydrogens is 291 g/mol. The van der Waals surface area contributed by atoms with Crippen LogP contribution < -0.4 is 31.0 Å². The first kappa shape index (κ1) is 16.7. The summed E-state index contributed by atoms with van der Waals surface area (Å²) < 4.78 is 8.51. The third-order valence-electron chi connectivity index (χ3n) is 2.38. The highest BCUT2D eigenvalue weighted by Gasteiger charge is 2.58. The van der Waals surface area contributed by atoms with Gasteiger partial charge in [-0.2, -0.15) is 0 Å². The van der Waals surface area contributed by atoms with Crippen LogP contribution in [-0.2, 0) is 0 Å².